The van der Waals surface area contributed by atoms with E-state index in [-0.39, 0.29) is 11.8 Å². The number of carbonyl (C=O) groups excluding carboxylic acids is 1. The zero-order valence-corrected chi connectivity index (χ0v) is 9.54. The van der Waals surface area contributed by atoms with Crippen LogP contribution in [0.5, 0.6) is 0 Å². The number of nitrogens with one attached hydrogen (secondary N) is 2. The molecule has 0 bridgehead atoms. The van der Waals surface area contributed by atoms with Gasteiger partial charge < -0.3 is 10.6 Å². The van der Waals surface area contributed by atoms with Crippen molar-refractivity contribution in [2.24, 2.45) is 5.92 Å². The van der Waals surface area contributed by atoms with Crippen molar-refractivity contribution >= 4 is 39.7 Å². The van der Waals surface area contributed by atoms with Gasteiger partial charge in [-0.2, -0.15) is 0 Å². The third kappa shape index (κ3) is 3.39. The summed E-state index contributed by atoms with van der Waals surface area (Å²) in [4.78, 5) is 15.2. The molecular formula is C8H11N3OS2. The fourth-order valence-corrected chi connectivity index (χ4v) is 1.46. The van der Waals surface area contributed by atoms with Gasteiger partial charge in [-0.25, -0.2) is 4.98 Å². The summed E-state index contributed by atoms with van der Waals surface area (Å²) in [6, 6.07) is 0. The highest BCUT2D eigenvalue weighted by atomic mass is 32.1. The molecule has 1 rings (SSSR count). The maximum Gasteiger partial charge on any atom is 0.228 e. The van der Waals surface area contributed by atoms with Crippen LogP contribution in [-0.4, -0.2) is 16.0 Å². The van der Waals surface area contributed by atoms with E-state index in [9.17, 15) is 4.79 Å². The summed E-state index contributed by atoms with van der Waals surface area (Å²) in [5.41, 5.74) is 0. The van der Waals surface area contributed by atoms with Crippen LogP contribution in [0.4, 0.5) is 5.13 Å². The zero-order valence-electron chi connectivity index (χ0n) is 7.90. The van der Waals surface area contributed by atoms with Crippen LogP contribution in [0.15, 0.2) is 11.6 Å². The lowest BCUT2D eigenvalue weighted by Crippen LogP contribution is -2.36. The largest absolute Gasteiger partial charge is 0.308 e. The summed E-state index contributed by atoms with van der Waals surface area (Å²) in [5.74, 6) is -0.176. The molecule has 0 aliphatic carbocycles. The van der Waals surface area contributed by atoms with E-state index in [1.165, 1.54) is 11.3 Å². The first-order valence-electron chi connectivity index (χ1n) is 4.11. The quantitative estimate of drug-likeness (QED) is 0.757. The standard InChI is InChI=1S/C8H11N3OS2/c1-5(2)6(12)10-7(13)11-8-9-3-4-14-8/h3-5H,1-2H3,(H2,9,10,11,12,13). The van der Waals surface area contributed by atoms with Crippen molar-refractivity contribution in [2.45, 2.75) is 13.8 Å². The van der Waals surface area contributed by atoms with E-state index < -0.39 is 0 Å². The second-order valence-corrected chi connectivity index (χ2v) is 4.24. The number of aromatic nitrogens is 1. The Morgan fingerprint density at radius 3 is 2.86 bits per heavy atom. The van der Waals surface area contributed by atoms with Crippen molar-refractivity contribution in [3.8, 4) is 0 Å². The van der Waals surface area contributed by atoms with Gasteiger partial charge >= 0.3 is 0 Å². The first-order chi connectivity index (χ1) is 6.59. The van der Waals surface area contributed by atoms with E-state index in [1.807, 2.05) is 5.38 Å². The van der Waals surface area contributed by atoms with Crippen LogP contribution in [0.2, 0.25) is 0 Å². The van der Waals surface area contributed by atoms with E-state index in [2.05, 4.69) is 15.6 Å². The van der Waals surface area contributed by atoms with Gasteiger partial charge in [0.1, 0.15) is 0 Å². The second-order valence-electron chi connectivity index (χ2n) is 2.94. The van der Waals surface area contributed by atoms with Crippen molar-refractivity contribution in [1.29, 1.82) is 0 Å². The number of thiazole rings is 1. The molecular weight excluding hydrogens is 218 g/mol. The first-order valence-corrected chi connectivity index (χ1v) is 5.39. The van der Waals surface area contributed by atoms with Crippen LogP contribution in [0.1, 0.15) is 13.8 Å². The molecule has 0 atom stereocenters. The van der Waals surface area contributed by atoms with Gasteiger partial charge in [0.2, 0.25) is 5.91 Å². The molecule has 0 saturated heterocycles. The Balaban J connectivity index is 2.41. The number of amides is 1. The average molecular weight is 229 g/mol. The second kappa shape index (κ2) is 5.02. The first kappa shape index (κ1) is 11.1. The molecule has 0 fully saturated rings. The van der Waals surface area contributed by atoms with Crippen LogP contribution >= 0.6 is 23.6 Å². The highest BCUT2D eigenvalue weighted by Gasteiger charge is 2.08. The lowest BCUT2D eigenvalue weighted by molar-refractivity contribution is -0.122. The molecule has 6 heteroatoms. The van der Waals surface area contributed by atoms with Crippen molar-refractivity contribution in [3.63, 3.8) is 0 Å². The maximum absolute atomic E-state index is 11.2. The molecule has 0 spiro atoms. The predicted molar refractivity (Wildman–Crippen MR) is 61.3 cm³/mol. The number of carbonyl (C=O) groups is 1. The number of hydrogen-bond donors (Lipinski definition) is 2. The highest BCUT2D eigenvalue weighted by Crippen LogP contribution is 2.09. The Morgan fingerprint density at radius 1 is 1.64 bits per heavy atom. The monoisotopic (exact) mass is 229 g/mol. The van der Waals surface area contributed by atoms with E-state index in [0.29, 0.717) is 10.2 Å². The van der Waals surface area contributed by atoms with E-state index >= 15 is 0 Å². The lowest BCUT2D eigenvalue weighted by atomic mass is 10.2. The van der Waals surface area contributed by atoms with Crippen molar-refractivity contribution in [2.75, 3.05) is 5.32 Å². The molecule has 76 valence electrons. The van der Waals surface area contributed by atoms with Crippen LogP contribution in [0, 0.1) is 5.92 Å². The van der Waals surface area contributed by atoms with E-state index in [0.717, 1.165) is 0 Å². The summed E-state index contributed by atoms with van der Waals surface area (Å²) in [6.45, 7) is 3.61. The van der Waals surface area contributed by atoms with Crippen LogP contribution in [0.25, 0.3) is 0 Å². The summed E-state index contributed by atoms with van der Waals surface area (Å²) < 4.78 is 0. The van der Waals surface area contributed by atoms with Crippen molar-refractivity contribution in [1.82, 2.24) is 10.3 Å². The minimum Gasteiger partial charge on any atom is -0.308 e. The fourth-order valence-electron chi connectivity index (χ4n) is 0.670. The molecule has 0 radical (unpaired) electrons. The number of thiocarbonyl (C=S) groups is 1. The minimum atomic E-state index is -0.0981. The molecule has 1 heterocycles. The Bertz CT molecular complexity index is 321. The molecule has 4 nitrogen and oxygen atoms in total. The summed E-state index contributed by atoms with van der Waals surface area (Å²) in [7, 11) is 0. The third-order valence-corrected chi connectivity index (χ3v) is 2.31. The molecule has 0 aliphatic heterocycles. The number of rotatable bonds is 2. The van der Waals surface area contributed by atoms with Gasteiger partial charge in [-0.05, 0) is 12.2 Å². The summed E-state index contributed by atoms with van der Waals surface area (Å²) >= 11 is 6.35. The molecule has 1 aromatic heterocycles. The molecule has 0 unspecified atom stereocenters. The third-order valence-electron chi connectivity index (χ3n) is 1.41. The van der Waals surface area contributed by atoms with Crippen molar-refractivity contribution < 1.29 is 4.79 Å². The SMILES string of the molecule is CC(C)C(=O)NC(=S)Nc1nccs1. The van der Waals surface area contributed by atoms with Gasteiger partial charge in [0.15, 0.2) is 10.2 Å². The number of anilines is 1. The van der Waals surface area contributed by atoms with Crippen LogP contribution < -0.4 is 10.6 Å². The van der Waals surface area contributed by atoms with Gasteiger partial charge in [0, 0.05) is 17.5 Å². The fraction of sp³-hybridized carbons (Fsp3) is 0.375. The van der Waals surface area contributed by atoms with Gasteiger partial charge in [-0.15, -0.1) is 11.3 Å². The smallest absolute Gasteiger partial charge is 0.228 e. The zero-order chi connectivity index (χ0) is 10.6. The minimum absolute atomic E-state index is 0.0777. The van der Waals surface area contributed by atoms with Gasteiger partial charge in [-0.3, -0.25) is 4.79 Å². The van der Waals surface area contributed by atoms with Gasteiger partial charge in [-0.1, -0.05) is 13.8 Å². The summed E-state index contributed by atoms with van der Waals surface area (Å²) in [6.07, 6.45) is 1.67. The molecule has 1 aromatic rings. The average Bonchev–Trinajstić information content (AvgIpc) is 2.56. The van der Waals surface area contributed by atoms with Gasteiger partial charge in [0.25, 0.3) is 0 Å². The van der Waals surface area contributed by atoms with E-state index in [1.54, 1.807) is 20.0 Å². The molecule has 1 amide bonds. The predicted octanol–water partition coefficient (Wildman–Crippen LogP) is 1.61. The lowest BCUT2D eigenvalue weighted by Gasteiger charge is -2.08. The van der Waals surface area contributed by atoms with Crippen LogP contribution in [0.3, 0.4) is 0 Å². The molecule has 0 saturated carbocycles. The maximum atomic E-state index is 11.2. The Kier molecular flexibility index (Phi) is 3.97. The van der Waals surface area contributed by atoms with E-state index in [4.69, 9.17) is 12.2 Å². The Morgan fingerprint density at radius 2 is 2.36 bits per heavy atom. The number of nitrogens with zero attached hydrogens (tertiary/aromatic N) is 1. The Labute approximate surface area is 91.7 Å². The topological polar surface area (TPSA) is 54.0 Å². The molecule has 14 heavy (non-hydrogen) atoms. The van der Waals surface area contributed by atoms with Gasteiger partial charge in [0.05, 0.1) is 0 Å². The van der Waals surface area contributed by atoms with Crippen molar-refractivity contribution in [3.05, 3.63) is 11.6 Å². The number of hydrogen-bond acceptors (Lipinski definition) is 4. The Hall–Kier alpha value is -1.01. The molecule has 0 aliphatic rings. The molecule has 0 aromatic carbocycles. The van der Waals surface area contributed by atoms with Crippen LogP contribution in [-0.2, 0) is 4.79 Å². The normalized spacial score (nSPS) is 9.93. The highest BCUT2D eigenvalue weighted by molar-refractivity contribution is 7.80. The summed E-state index contributed by atoms with van der Waals surface area (Å²) in [5, 5.41) is 8.18. The molecule has 2 N–H and O–H groups in total.